The fraction of sp³-hybridized carbons (Fsp3) is 0.143. The normalized spacial score (nSPS) is 10.9. The maximum absolute atomic E-state index is 12.7. The number of nitrogens with two attached hydrogens (primary N) is 1. The van der Waals surface area contributed by atoms with E-state index < -0.39 is 0 Å². The van der Waals surface area contributed by atoms with Crippen LogP contribution in [0.1, 0.15) is 24.5 Å². The monoisotopic (exact) mass is 506 g/mol. The SMILES string of the molecule is CCn1c2ccccc2c2cc(NC(=O)CCSc3nc(N)c(C#N)c(-c4ccco4)c3C#N)ccc21. The molecule has 9 heteroatoms. The zero-order valence-corrected chi connectivity index (χ0v) is 20.8. The summed E-state index contributed by atoms with van der Waals surface area (Å²) in [7, 11) is 0. The molecule has 0 atom stereocenters. The highest BCUT2D eigenvalue weighted by Gasteiger charge is 2.22. The predicted octanol–water partition coefficient (Wildman–Crippen LogP) is 5.92. The number of aryl methyl sites for hydroxylation is 1. The molecule has 0 unspecified atom stereocenters. The number of aromatic nitrogens is 2. The fourth-order valence-electron chi connectivity index (χ4n) is 4.51. The largest absolute Gasteiger partial charge is 0.464 e. The Kier molecular flexibility index (Phi) is 6.55. The van der Waals surface area contributed by atoms with Crippen molar-refractivity contribution in [1.29, 1.82) is 10.5 Å². The summed E-state index contributed by atoms with van der Waals surface area (Å²) in [6.45, 7) is 2.97. The number of hydrogen-bond donors (Lipinski definition) is 2. The summed E-state index contributed by atoms with van der Waals surface area (Å²) in [6, 6.07) is 21.6. The van der Waals surface area contributed by atoms with Crippen molar-refractivity contribution >= 4 is 51.0 Å². The van der Waals surface area contributed by atoms with E-state index >= 15 is 0 Å². The minimum absolute atomic E-state index is 0.0133. The lowest BCUT2D eigenvalue weighted by Crippen LogP contribution is -2.12. The number of pyridine rings is 1. The Morgan fingerprint density at radius 3 is 2.59 bits per heavy atom. The van der Waals surface area contributed by atoms with E-state index in [1.807, 2.05) is 36.4 Å². The van der Waals surface area contributed by atoms with Crippen LogP contribution in [0.5, 0.6) is 0 Å². The fourth-order valence-corrected chi connectivity index (χ4v) is 5.44. The van der Waals surface area contributed by atoms with Crippen molar-refractivity contribution in [3.63, 3.8) is 0 Å². The van der Waals surface area contributed by atoms with Crippen LogP contribution < -0.4 is 11.1 Å². The number of fused-ring (bicyclic) bond motifs is 3. The van der Waals surface area contributed by atoms with Crippen LogP contribution >= 0.6 is 11.8 Å². The Balaban J connectivity index is 1.33. The van der Waals surface area contributed by atoms with E-state index in [1.165, 1.54) is 18.0 Å². The molecule has 2 aromatic carbocycles. The Bertz CT molecular complexity index is 1720. The number of rotatable bonds is 7. The van der Waals surface area contributed by atoms with Crippen molar-refractivity contribution < 1.29 is 9.21 Å². The molecular formula is C28H22N6O2S. The summed E-state index contributed by atoms with van der Waals surface area (Å²) in [4.78, 5) is 17.0. The second-order valence-corrected chi connectivity index (χ2v) is 9.35. The summed E-state index contributed by atoms with van der Waals surface area (Å²) < 4.78 is 7.69. The molecule has 0 aliphatic carbocycles. The number of carbonyl (C=O) groups excluding carboxylic acids is 1. The third kappa shape index (κ3) is 4.37. The number of nitrogen functional groups attached to an aromatic ring is 1. The van der Waals surface area contributed by atoms with E-state index in [0.29, 0.717) is 22.1 Å². The first kappa shape index (κ1) is 24.0. The maximum atomic E-state index is 12.7. The van der Waals surface area contributed by atoms with Crippen LogP contribution in [-0.2, 0) is 11.3 Å². The molecule has 0 saturated carbocycles. The van der Waals surface area contributed by atoms with Gasteiger partial charge >= 0.3 is 0 Å². The number of carbonyl (C=O) groups is 1. The van der Waals surface area contributed by atoms with Crippen LogP contribution in [-0.4, -0.2) is 21.2 Å². The van der Waals surface area contributed by atoms with Crippen LogP contribution in [0.3, 0.4) is 0 Å². The molecule has 1 amide bonds. The van der Waals surface area contributed by atoms with Crippen molar-refractivity contribution in [2.75, 3.05) is 16.8 Å². The lowest BCUT2D eigenvalue weighted by atomic mass is 10.0. The third-order valence-electron chi connectivity index (χ3n) is 6.12. The zero-order valence-electron chi connectivity index (χ0n) is 20.0. The van der Waals surface area contributed by atoms with Gasteiger partial charge in [0, 0.05) is 46.2 Å². The van der Waals surface area contributed by atoms with Gasteiger partial charge in [-0.05, 0) is 43.3 Å². The lowest BCUT2D eigenvalue weighted by Gasteiger charge is -2.11. The van der Waals surface area contributed by atoms with E-state index in [9.17, 15) is 15.3 Å². The average Bonchev–Trinajstić information content (AvgIpc) is 3.54. The van der Waals surface area contributed by atoms with Crippen LogP contribution in [0.15, 0.2) is 70.3 Å². The maximum Gasteiger partial charge on any atom is 0.225 e. The molecule has 0 spiro atoms. The van der Waals surface area contributed by atoms with Crippen LogP contribution in [0, 0.1) is 22.7 Å². The van der Waals surface area contributed by atoms with Gasteiger partial charge in [-0.3, -0.25) is 4.79 Å². The molecule has 5 aromatic rings. The molecule has 8 nitrogen and oxygen atoms in total. The second-order valence-electron chi connectivity index (χ2n) is 8.27. The first-order valence-electron chi connectivity index (χ1n) is 11.7. The van der Waals surface area contributed by atoms with Gasteiger partial charge in [-0.15, -0.1) is 11.8 Å². The van der Waals surface area contributed by atoms with Gasteiger partial charge in [-0.2, -0.15) is 10.5 Å². The Morgan fingerprint density at radius 2 is 1.86 bits per heavy atom. The third-order valence-corrected chi connectivity index (χ3v) is 7.10. The van der Waals surface area contributed by atoms with Gasteiger partial charge in [0.2, 0.25) is 5.91 Å². The molecule has 0 bridgehead atoms. The molecule has 37 heavy (non-hydrogen) atoms. The first-order valence-corrected chi connectivity index (χ1v) is 12.7. The number of thioether (sulfide) groups is 1. The smallest absolute Gasteiger partial charge is 0.225 e. The number of nitriles is 2. The second kappa shape index (κ2) is 10.1. The Labute approximate surface area is 217 Å². The van der Waals surface area contributed by atoms with Crippen LogP contribution in [0.25, 0.3) is 33.1 Å². The molecule has 3 heterocycles. The molecule has 5 rings (SSSR count). The van der Waals surface area contributed by atoms with Crippen molar-refractivity contribution in [1.82, 2.24) is 9.55 Å². The van der Waals surface area contributed by atoms with Crippen LogP contribution in [0.2, 0.25) is 0 Å². The van der Waals surface area contributed by atoms with E-state index in [1.54, 1.807) is 12.1 Å². The molecule has 182 valence electrons. The van der Waals surface area contributed by atoms with Gasteiger partial charge in [0.05, 0.1) is 17.4 Å². The highest BCUT2D eigenvalue weighted by Crippen LogP contribution is 2.36. The minimum Gasteiger partial charge on any atom is -0.464 e. The molecule has 0 aliphatic rings. The van der Waals surface area contributed by atoms with E-state index in [0.717, 1.165) is 34.0 Å². The minimum atomic E-state index is -0.155. The molecule has 3 N–H and O–H groups in total. The number of nitrogens with zero attached hydrogens (tertiary/aromatic N) is 4. The number of hydrogen-bond acceptors (Lipinski definition) is 7. The number of amides is 1. The summed E-state index contributed by atoms with van der Waals surface area (Å²) in [6.07, 6.45) is 1.66. The first-order chi connectivity index (χ1) is 18.0. The molecule has 0 radical (unpaired) electrons. The zero-order chi connectivity index (χ0) is 25.9. The molecular weight excluding hydrogens is 484 g/mol. The molecule has 0 aliphatic heterocycles. The Morgan fingerprint density at radius 1 is 1.08 bits per heavy atom. The number of anilines is 2. The standard InChI is InChI=1S/C28H22N6O2S/c1-2-34-22-7-4-3-6-18(22)19-14-17(9-10-23(19)34)32-25(35)11-13-37-28-21(16-30)26(24-8-5-12-36-24)20(15-29)27(31)33-28/h3-10,12,14H,2,11,13H2,1H3,(H2,31,33)(H,32,35). The number of para-hydroxylation sites is 1. The Hall–Kier alpha value is -4.73. The van der Waals surface area contributed by atoms with Crippen molar-refractivity contribution in [3.8, 4) is 23.5 Å². The van der Waals surface area contributed by atoms with Gasteiger partial charge in [0.25, 0.3) is 0 Å². The quantitative estimate of drug-likeness (QED) is 0.262. The highest BCUT2D eigenvalue weighted by atomic mass is 32.2. The lowest BCUT2D eigenvalue weighted by molar-refractivity contribution is -0.115. The van der Waals surface area contributed by atoms with Crippen LogP contribution in [0.4, 0.5) is 11.5 Å². The van der Waals surface area contributed by atoms with E-state index in [4.69, 9.17) is 10.2 Å². The summed E-state index contributed by atoms with van der Waals surface area (Å²) >= 11 is 1.24. The number of furan rings is 1. The molecule has 0 saturated heterocycles. The van der Waals surface area contributed by atoms with Gasteiger partial charge in [0.15, 0.2) is 0 Å². The highest BCUT2D eigenvalue weighted by molar-refractivity contribution is 7.99. The summed E-state index contributed by atoms with van der Waals surface area (Å²) in [5, 5.41) is 24.9. The van der Waals surface area contributed by atoms with Crippen molar-refractivity contribution in [2.24, 2.45) is 0 Å². The van der Waals surface area contributed by atoms with Crippen molar-refractivity contribution in [3.05, 3.63) is 72.0 Å². The van der Waals surface area contributed by atoms with E-state index in [2.05, 4.69) is 40.0 Å². The van der Waals surface area contributed by atoms with Crippen molar-refractivity contribution in [2.45, 2.75) is 24.9 Å². The average molecular weight is 507 g/mol. The summed E-state index contributed by atoms with van der Waals surface area (Å²) in [5.74, 6) is 0.590. The predicted molar refractivity (Wildman–Crippen MR) is 145 cm³/mol. The van der Waals surface area contributed by atoms with E-state index in [-0.39, 0.29) is 29.3 Å². The van der Waals surface area contributed by atoms with Gasteiger partial charge in [-0.25, -0.2) is 4.98 Å². The number of nitrogens with one attached hydrogen (secondary N) is 1. The molecule has 3 aromatic heterocycles. The number of benzene rings is 2. The molecule has 0 fully saturated rings. The van der Waals surface area contributed by atoms with Gasteiger partial charge in [0.1, 0.15) is 34.3 Å². The van der Waals surface area contributed by atoms with Gasteiger partial charge < -0.3 is 20.0 Å². The summed E-state index contributed by atoms with van der Waals surface area (Å²) in [5.41, 5.74) is 9.63. The topological polar surface area (TPSA) is 134 Å². The van der Waals surface area contributed by atoms with Gasteiger partial charge in [-0.1, -0.05) is 18.2 Å².